The van der Waals surface area contributed by atoms with Gasteiger partial charge in [-0.1, -0.05) is 6.07 Å². The maximum Gasteiger partial charge on any atom is 0.412 e. The van der Waals surface area contributed by atoms with Crippen molar-refractivity contribution in [3.05, 3.63) is 29.3 Å². The molecule has 4 heteroatoms. The van der Waals surface area contributed by atoms with Crippen molar-refractivity contribution in [2.75, 3.05) is 6.26 Å². The van der Waals surface area contributed by atoms with Crippen molar-refractivity contribution in [3.63, 3.8) is 0 Å². The first-order valence-corrected chi connectivity index (χ1v) is 5.75. The third-order valence-corrected chi connectivity index (χ3v) is 2.68. The van der Waals surface area contributed by atoms with Crippen LogP contribution in [-0.2, 0) is 12.3 Å². The van der Waals surface area contributed by atoms with E-state index >= 15 is 0 Å². The van der Waals surface area contributed by atoms with Crippen molar-refractivity contribution < 1.29 is 9.53 Å². The van der Waals surface area contributed by atoms with Gasteiger partial charge in [-0.3, -0.25) is 0 Å². The molecule has 0 aliphatic carbocycles. The van der Waals surface area contributed by atoms with Crippen molar-refractivity contribution in [1.82, 2.24) is 5.32 Å². The number of thioether (sulfide) groups is 1. The number of hydrogen-bond donors (Lipinski definition) is 1. The van der Waals surface area contributed by atoms with E-state index in [4.69, 9.17) is 4.74 Å². The molecule has 0 radical (unpaired) electrons. The minimum atomic E-state index is -0.366. The number of carbonyl (C=O) groups is 1. The molecule has 0 atom stereocenters. The van der Waals surface area contributed by atoms with Gasteiger partial charge in [0.05, 0.1) is 0 Å². The maximum absolute atomic E-state index is 10.9. The molecule has 14 heavy (non-hydrogen) atoms. The van der Waals surface area contributed by atoms with Gasteiger partial charge in [0, 0.05) is 17.9 Å². The molecule has 74 valence electrons. The van der Waals surface area contributed by atoms with Gasteiger partial charge < -0.3 is 10.1 Å². The Morgan fingerprint density at radius 3 is 3.21 bits per heavy atom. The molecule has 0 saturated heterocycles. The van der Waals surface area contributed by atoms with Gasteiger partial charge in [-0.25, -0.2) is 4.79 Å². The summed E-state index contributed by atoms with van der Waals surface area (Å²) in [5.41, 5.74) is 2.31. The highest BCUT2D eigenvalue weighted by molar-refractivity contribution is 7.97. The van der Waals surface area contributed by atoms with Crippen LogP contribution in [0.4, 0.5) is 4.79 Å². The Kier molecular flexibility index (Phi) is 2.63. The van der Waals surface area contributed by atoms with Gasteiger partial charge >= 0.3 is 6.09 Å². The lowest BCUT2D eigenvalue weighted by atomic mass is 10.1. The van der Waals surface area contributed by atoms with E-state index in [0.717, 1.165) is 11.3 Å². The zero-order valence-electron chi connectivity index (χ0n) is 7.87. The number of fused-ring (bicyclic) bond motifs is 1. The van der Waals surface area contributed by atoms with E-state index in [1.807, 2.05) is 12.1 Å². The first-order valence-electron chi connectivity index (χ1n) is 4.36. The monoisotopic (exact) mass is 209 g/mol. The fourth-order valence-corrected chi connectivity index (χ4v) is 1.94. The van der Waals surface area contributed by atoms with Gasteiger partial charge in [0.15, 0.2) is 0 Å². The predicted octanol–water partition coefficient (Wildman–Crippen LogP) is 2.15. The summed E-state index contributed by atoms with van der Waals surface area (Å²) in [6.07, 6.45) is 1.70. The Hall–Kier alpha value is -1.16. The zero-order valence-corrected chi connectivity index (χ0v) is 8.69. The highest BCUT2D eigenvalue weighted by Gasteiger charge is 2.15. The van der Waals surface area contributed by atoms with Crippen molar-refractivity contribution >= 4 is 17.9 Å². The second-order valence-corrected chi connectivity index (χ2v) is 3.98. The van der Waals surface area contributed by atoms with E-state index in [0.29, 0.717) is 12.3 Å². The highest BCUT2D eigenvalue weighted by Crippen LogP contribution is 2.24. The number of nitrogens with one attached hydrogen (secondary N) is 1. The Bertz CT molecular complexity index is 365. The van der Waals surface area contributed by atoms with Crippen LogP contribution in [0.1, 0.15) is 11.1 Å². The molecule has 1 heterocycles. The molecular formula is C10H11NO2S. The van der Waals surface area contributed by atoms with Crippen LogP contribution in [-0.4, -0.2) is 12.3 Å². The Morgan fingerprint density at radius 2 is 2.43 bits per heavy atom. The molecule has 0 fully saturated rings. The van der Waals surface area contributed by atoms with Crippen molar-refractivity contribution in [1.29, 1.82) is 0 Å². The fraction of sp³-hybridized carbons (Fsp3) is 0.300. The van der Waals surface area contributed by atoms with Crippen LogP contribution in [0.2, 0.25) is 0 Å². The topological polar surface area (TPSA) is 38.3 Å². The number of rotatable bonds is 2. The summed E-state index contributed by atoms with van der Waals surface area (Å²) in [4.78, 5) is 10.9. The predicted molar refractivity (Wildman–Crippen MR) is 56.5 cm³/mol. The molecule has 1 aromatic rings. The maximum atomic E-state index is 10.9. The van der Waals surface area contributed by atoms with Crippen molar-refractivity contribution in [3.8, 4) is 5.75 Å². The van der Waals surface area contributed by atoms with Crippen LogP contribution in [0.25, 0.3) is 0 Å². The van der Waals surface area contributed by atoms with Crippen LogP contribution in [0.5, 0.6) is 5.75 Å². The number of hydrogen-bond acceptors (Lipinski definition) is 3. The van der Waals surface area contributed by atoms with E-state index in [9.17, 15) is 4.79 Å². The molecule has 0 unspecified atom stereocenters. The van der Waals surface area contributed by atoms with Crippen LogP contribution in [0, 0.1) is 0 Å². The van der Waals surface area contributed by atoms with Gasteiger partial charge in [-0.2, -0.15) is 11.8 Å². The molecule has 2 rings (SSSR count). The molecule has 1 aliphatic heterocycles. The summed E-state index contributed by atoms with van der Waals surface area (Å²) >= 11 is 1.78. The minimum absolute atomic E-state index is 0.366. The van der Waals surface area contributed by atoms with Gasteiger partial charge in [-0.15, -0.1) is 0 Å². The van der Waals surface area contributed by atoms with Crippen LogP contribution >= 0.6 is 11.8 Å². The van der Waals surface area contributed by atoms with Crippen molar-refractivity contribution in [2.45, 2.75) is 12.3 Å². The van der Waals surface area contributed by atoms with E-state index in [1.54, 1.807) is 11.8 Å². The second kappa shape index (κ2) is 3.92. The van der Waals surface area contributed by atoms with Crippen molar-refractivity contribution in [2.24, 2.45) is 0 Å². The van der Waals surface area contributed by atoms with E-state index in [1.165, 1.54) is 5.56 Å². The minimum Gasteiger partial charge on any atom is -0.410 e. The molecular weight excluding hydrogens is 198 g/mol. The SMILES string of the molecule is CSCc1ccc2c(c1)CNC(=O)O2. The summed E-state index contributed by atoms with van der Waals surface area (Å²) < 4.78 is 5.01. The number of ether oxygens (including phenoxy) is 1. The van der Waals surface area contributed by atoms with Gasteiger partial charge in [-0.05, 0) is 24.0 Å². The molecule has 1 N–H and O–H groups in total. The Morgan fingerprint density at radius 1 is 1.57 bits per heavy atom. The first kappa shape index (κ1) is 9.40. The molecule has 3 nitrogen and oxygen atoms in total. The summed E-state index contributed by atoms with van der Waals surface area (Å²) in [5, 5.41) is 2.64. The third-order valence-electron chi connectivity index (χ3n) is 2.06. The second-order valence-electron chi connectivity index (χ2n) is 3.12. The number of amides is 1. The highest BCUT2D eigenvalue weighted by atomic mass is 32.2. The largest absolute Gasteiger partial charge is 0.412 e. The smallest absolute Gasteiger partial charge is 0.410 e. The average Bonchev–Trinajstić information content (AvgIpc) is 2.19. The van der Waals surface area contributed by atoms with Crippen LogP contribution in [0.3, 0.4) is 0 Å². The molecule has 0 aromatic heterocycles. The quantitative estimate of drug-likeness (QED) is 0.811. The molecule has 0 saturated carbocycles. The Labute approximate surface area is 86.8 Å². The van der Waals surface area contributed by atoms with Crippen LogP contribution < -0.4 is 10.1 Å². The fourth-order valence-electron chi connectivity index (χ4n) is 1.43. The van der Waals surface area contributed by atoms with E-state index < -0.39 is 0 Å². The molecule has 1 amide bonds. The molecule has 1 aromatic carbocycles. The molecule has 0 bridgehead atoms. The van der Waals surface area contributed by atoms with Crippen LogP contribution in [0.15, 0.2) is 18.2 Å². The lowest BCUT2D eigenvalue weighted by Crippen LogP contribution is -2.31. The Balaban J connectivity index is 2.26. The third kappa shape index (κ3) is 1.85. The number of carbonyl (C=O) groups excluding carboxylic acids is 1. The molecule has 0 spiro atoms. The lowest BCUT2D eigenvalue weighted by molar-refractivity contribution is 0.194. The summed E-state index contributed by atoms with van der Waals surface area (Å²) in [7, 11) is 0. The van der Waals surface area contributed by atoms with Gasteiger partial charge in [0.2, 0.25) is 0 Å². The zero-order chi connectivity index (χ0) is 9.97. The lowest BCUT2D eigenvalue weighted by Gasteiger charge is -2.17. The first-order chi connectivity index (χ1) is 6.79. The summed E-state index contributed by atoms with van der Waals surface area (Å²) in [6, 6.07) is 5.93. The van der Waals surface area contributed by atoms with E-state index in [-0.39, 0.29) is 6.09 Å². The van der Waals surface area contributed by atoms with E-state index in [2.05, 4.69) is 17.6 Å². The normalized spacial score (nSPS) is 14.2. The molecule has 1 aliphatic rings. The van der Waals surface area contributed by atoms with Gasteiger partial charge in [0.25, 0.3) is 0 Å². The number of benzene rings is 1. The summed E-state index contributed by atoms with van der Waals surface area (Å²) in [5.74, 6) is 1.67. The van der Waals surface area contributed by atoms with Gasteiger partial charge in [0.1, 0.15) is 5.75 Å². The average molecular weight is 209 g/mol. The standard InChI is InChI=1S/C10H11NO2S/c1-14-6-7-2-3-9-8(4-7)5-11-10(12)13-9/h2-4H,5-6H2,1H3,(H,11,12). The summed E-state index contributed by atoms with van der Waals surface area (Å²) in [6.45, 7) is 0.566.